The number of rotatable bonds is 8. The Labute approximate surface area is 183 Å². The van der Waals surface area contributed by atoms with Gasteiger partial charge in [-0.1, -0.05) is 35.9 Å². The van der Waals surface area contributed by atoms with Crippen LogP contribution in [0.1, 0.15) is 44.8 Å². The van der Waals surface area contributed by atoms with Crippen molar-refractivity contribution in [3.8, 4) is 5.88 Å². The number of carbonyl (C=O) groups is 2. The number of ether oxygens (including phenoxy) is 1. The van der Waals surface area contributed by atoms with Gasteiger partial charge >= 0.3 is 5.97 Å². The van der Waals surface area contributed by atoms with Crippen LogP contribution in [0.15, 0.2) is 60.8 Å². The van der Waals surface area contributed by atoms with Gasteiger partial charge in [0.25, 0.3) is 5.91 Å². The smallest absolute Gasteiger partial charge is 0.335 e. The zero-order chi connectivity index (χ0) is 22.4. The minimum Gasteiger partial charge on any atom is -0.478 e. The molecule has 1 atom stereocenters. The molecule has 0 saturated heterocycles. The number of carboxylic acid groups (broad SMARTS) is 1. The molecule has 31 heavy (non-hydrogen) atoms. The van der Waals surface area contributed by atoms with E-state index >= 15 is 0 Å². The number of hydrogen-bond donors (Lipinski definition) is 2. The molecular formula is C23H20ClFN2O4. The summed E-state index contributed by atoms with van der Waals surface area (Å²) in [5, 5.41) is 12.2. The van der Waals surface area contributed by atoms with Gasteiger partial charge in [0, 0.05) is 12.6 Å². The van der Waals surface area contributed by atoms with Gasteiger partial charge in [0.1, 0.15) is 11.4 Å². The summed E-state index contributed by atoms with van der Waals surface area (Å²) < 4.78 is 18.7. The van der Waals surface area contributed by atoms with Gasteiger partial charge in [-0.2, -0.15) is 0 Å². The molecule has 0 aliphatic rings. The lowest BCUT2D eigenvalue weighted by Gasteiger charge is -2.16. The van der Waals surface area contributed by atoms with Crippen molar-refractivity contribution in [2.45, 2.75) is 19.4 Å². The molecule has 0 saturated carbocycles. The molecule has 0 aliphatic heterocycles. The predicted molar refractivity (Wildman–Crippen MR) is 114 cm³/mol. The van der Waals surface area contributed by atoms with E-state index in [9.17, 15) is 14.0 Å². The Morgan fingerprint density at radius 1 is 1.19 bits per heavy atom. The Bertz CT molecular complexity index is 1090. The molecule has 6 nitrogen and oxygen atoms in total. The second-order valence-corrected chi connectivity index (χ2v) is 7.29. The summed E-state index contributed by atoms with van der Waals surface area (Å²) >= 11 is 6.02. The maximum atomic E-state index is 13.0. The van der Waals surface area contributed by atoms with Crippen LogP contribution >= 0.6 is 11.6 Å². The molecule has 1 heterocycles. The predicted octanol–water partition coefficient (Wildman–Crippen LogP) is 4.68. The average Bonchev–Trinajstić information content (AvgIpc) is 2.76. The van der Waals surface area contributed by atoms with Gasteiger partial charge in [0.2, 0.25) is 5.88 Å². The van der Waals surface area contributed by atoms with Crippen LogP contribution in [0.2, 0.25) is 5.02 Å². The van der Waals surface area contributed by atoms with Gasteiger partial charge in [-0.25, -0.2) is 14.2 Å². The number of amides is 1. The lowest BCUT2D eigenvalue weighted by Crippen LogP contribution is -2.27. The fourth-order valence-corrected chi connectivity index (χ4v) is 3.08. The summed E-state index contributed by atoms with van der Waals surface area (Å²) in [5.74, 6) is -1.70. The third-order valence-electron chi connectivity index (χ3n) is 4.59. The largest absolute Gasteiger partial charge is 0.478 e. The summed E-state index contributed by atoms with van der Waals surface area (Å²) in [7, 11) is 0. The SMILES string of the molecule is C[C@H](NC(=O)c1cc(Cl)cnc1OCCc1ccc(F)cc1)c1cccc(C(=O)O)c1. The first-order valence-corrected chi connectivity index (χ1v) is 9.88. The molecule has 0 bridgehead atoms. The molecule has 0 spiro atoms. The summed E-state index contributed by atoms with van der Waals surface area (Å²) in [6.45, 7) is 1.97. The van der Waals surface area contributed by atoms with E-state index in [1.54, 1.807) is 31.2 Å². The van der Waals surface area contributed by atoms with Crippen LogP contribution in [0.4, 0.5) is 4.39 Å². The van der Waals surface area contributed by atoms with E-state index in [0.29, 0.717) is 12.0 Å². The number of nitrogens with one attached hydrogen (secondary N) is 1. The van der Waals surface area contributed by atoms with Gasteiger partial charge in [-0.05, 0) is 48.4 Å². The molecule has 2 N–H and O–H groups in total. The van der Waals surface area contributed by atoms with E-state index in [-0.39, 0.29) is 34.5 Å². The second kappa shape index (κ2) is 10.0. The zero-order valence-electron chi connectivity index (χ0n) is 16.6. The second-order valence-electron chi connectivity index (χ2n) is 6.86. The Morgan fingerprint density at radius 2 is 1.94 bits per heavy atom. The zero-order valence-corrected chi connectivity index (χ0v) is 17.4. The number of carboxylic acids is 1. The molecule has 8 heteroatoms. The number of aromatic nitrogens is 1. The highest BCUT2D eigenvalue weighted by Crippen LogP contribution is 2.22. The van der Waals surface area contributed by atoms with Crippen molar-refractivity contribution < 1.29 is 23.8 Å². The molecule has 1 aromatic heterocycles. The highest BCUT2D eigenvalue weighted by atomic mass is 35.5. The van der Waals surface area contributed by atoms with Crippen molar-refractivity contribution in [2.24, 2.45) is 0 Å². The molecule has 0 fully saturated rings. The van der Waals surface area contributed by atoms with E-state index in [4.69, 9.17) is 21.4 Å². The standard InChI is InChI=1S/C23H20ClFN2O4/c1-14(16-3-2-4-17(11-16)23(29)30)27-21(28)20-12-18(24)13-26-22(20)31-10-9-15-5-7-19(25)8-6-15/h2-8,11-14H,9-10H2,1H3,(H,27,28)(H,29,30)/t14-/m0/s1. The first kappa shape index (κ1) is 22.2. The number of carbonyl (C=O) groups excluding carboxylic acids is 1. The summed E-state index contributed by atoms with van der Waals surface area (Å²) in [5.41, 5.74) is 1.82. The van der Waals surface area contributed by atoms with E-state index in [1.165, 1.54) is 36.5 Å². The molecule has 160 valence electrons. The third kappa shape index (κ3) is 6.02. The third-order valence-corrected chi connectivity index (χ3v) is 4.79. The van der Waals surface area contributed by atoms with E-state index in [1.807, 2.05) is 0 Å². The maximum Gasteiger partial charge on any atom is 0.335 e. The monoisotopic (exact) mass is 442 g/mol. The summed E-state index contributed by atoms with van der Waals surface area (Å²) in [6, 6.07) is 13.4. The number of pyridine rings is 1. The Kier molecular flexibility index (Phi) is 7.20. The van der Waals surface area contributed by atoms with Crippen LogP contribution in [0.5, 0.6) is 5.88 Å². The van der Waals surface area contributed by atoms with Crippen LogP contribution in [0.25, 0.3) is 0 Å². The lowest BCUT2D eigenvalue weighted by molar-refractivity contribution is 0.0696. The van der Waals surface area contributed by atoms with Crippen LogP contribution in [-0.2, 0) is 6.42 Å². The highest BCUT2D eigenvalue weighted by molar-refractivity contribution is 6.30. The fraction of sp³-hybridized carbons (Fsp3) is 0.174. The first-order valence-electron chi connectivity index (χ1n) is 9.50. The van der Waals surface area contributed by atoms with Crippen LogP contribution in [0, 0.1) is 5.82 Å². The molecule has 0 radical (unpaired) electrons. The van der Waals surface area contributed by atoms with Crippen LogP contribution in [-0.4, -0.2) is 28.6 Å². The molecule has 0 aliphatic carbocycles. The number of hydrogen-bond acceptors (Lipinski definition) is 4. The quantitative estimate of drug-likeness (QED) is 0.528. The number of benzene rings is 2. The molecule has 1 amide bonds. The van der Waals surface area contributed by atoms with Crippen LogP contribution in [0.3, 0.4) is 0 Å². The van der Waals surface area contributed by atoms with Crippen molar-refractivity contribution >= 4 is 23.5 Å². The fourth-order valence-electron chi connectivity index (χ4n) is 2.92. The van der Waals surface area contributed by atoms with Crippen molar-refractivity contribution in [2.75, 3.05) is 6.61 Å². The van der Waals surface area contributed by atoms with Gasteiger partial charge in [-0.15, -0.1) is 0 Å². The van der Waals surface area contributed by atoms with Gasteiger partial charge in [0.05, 0.1) is 23.2 Å². The first-order chi connectivity index (χ1) is 14.8. The van der Waals surface area contributed by atoms with Gasteiger partial charge in [-0.3, -0.25) is 4.79 Å². The highest BCUT2D eigenvalue weighted by Gasteiger charge is 2.18. The summed E-state index contributed by atoms with van der Waals surface area (Å²) in [4.78, 5) is 28.1. The molecule has 3 rings (SSSR count). The van der Waals surface area contributed by atoms with Gasteiger partial charge in [0.15, 0.2) is 0 Å². The number of aromatic carboxylic acids is 1. The Morgan fingerprint density at radius 3 is 2.65 bits per heavy atom. The molecule has 2 aromatic carbocycles. The normalized spacial score (nSPS) is 11.6. The van der Waals surface area contributed by atoms with Crippen molar-refractivity contribution in [3.05, 3.63) is 93.9 Å². The number of halogens is 2. The average molecular weight is 443 g/mol. The van der Waals surface area contributed by atoms with E-state index < -0.39 is 17.9 Å². The molecule has 0 unspecified atom stereocenters. The minimum atomic E-state index is -1.05. The van der Waals surface area contributed by atoms with Crippen LogP contribution < -0.4 is 10.1 Å². The Balaban J connectivity index is 1.70. The van der Waals surface area contributed by atoms with E-state index in [2.05, 4.69) is 10.3 Å². The molecule has 3 aromatic rings. The minimum absolute atomic E-state index is 0.121. The van der Waals surface area contributed by atoms with E-state index in [0.717, 1.165) is 5.56 Å². The topological polar surface area (TPSA) is 88.5 Å². The van der Waals surface area contributed by atoms with Crippen molar-refractivity contribution in [1.29, 1.82) is 0 Å². The molecular weight excluding hydrogens is 423 g/mol. The maximum absolute atomic E-state index is 13.0. The lowest BCUT2D eigenvalue weighted by atomic mass is 10.0. The van der Waals surface area contributed by atoms with Crippen molar-refractivity contribution in [3.63, 3.8) is 0 Å². The van der Waals surface area contributed by atoms with Crippen molar-refractivity contribution in [1.82, 2.24) is 10.3 Å². The summed E-state index contributed by atoms with van der Waals surface area (Å²) in [6.07, 6.45) is 1.88. The Hall–Kier alpha value is -3.45. The van der Waals surface area contributed by atoms with Gasteiger partial charge < -0.3 is 15.2 Å². The number of nitrogens with zero attached hydrogens (tertiary/aromatic N) is 1.